The number of methoxy groups -OCH3 is 2. The number of hydrogen-bond donors (Lipinski definition) is 2. The zero-order chi connectivity index (χ0) is 24.4. The van der Waals surface area contributed by atoms with Crippen LogP contribution in [0.1, 0.15) is 31.9 Å². The van der Waals surface area contributed by atoms with Crippen LogP contribution in [0.25, 0.3) is 0 Å². The lowest BCUT2D eigenvalue weighted by atomic mass is 9.93. The first-order valence-electron chi connectivity index (χ1n) is 10.9. The van der Waals surface area contributed by atoms with E-state index in [1.807, 2.05) is 25.1 Å². The Labute approximate surface area is 194 Å². The number of amides is 2. The van der Waals surface area contributed by atoms with E-state index in [1.165, 1.54) is 12.1 Å². The summed E-state index contributed by atoms with van der Waals surface area (Å²) in [5.41, 5.74) is 1.84. The maximum absolute atomic E-state index is 13.2. The van der Waals surface area contributed by atoms with Gasteiger partial charge in [0, 0.05) is 6.54 Å². The summed E-state index contributed by atoms with van der Waals surface area (Å²) in [5.74, 6) is 0.356. The minimum Gasteiger partial charge on any atom is -0.493 e. The van der Waals surface area contributed by atoms with E-state index < -0.39 is 12.1 Å². The van der Waals surface area contributed by atoms with Crippen LogP contribution in [0.3, 0.4) is 0 Å². The standard InChI is InChI=1S/C25H33FN2O5/c1-16(2)33-25(30)28-23(17(3)14-18-6-9-20(26)10-7-18)24(29)27-13-12-19-8-11-21(31-4)22(15-19)32-5/h6-11,15-17,23H,12-14H2,1-5H3,(H,27,29)(H,28,30)/t17-,23+/m1/s1. The summed E-state index contributed by atoms with van der Waals surface area (Å²) in [6.07, 6.45) is 0.0830. The average molecular weight is 461 g/mol. The Bertz CT molecular complexity index is 918. The van der Waals surface area contributed by atoms with Gasteiger partial charge in [-0.2, -0.15) is 0 Å². The van der Waals surface area contributed by atoms with Crippen LogP contribution >= 0.6 is 0 Å². The van der Waals surface area contributed by atoms with Gasteiger partial charge in [0.1, 0.15) is 11.9 Å². The van der Waals surface area contributed by atoms with Gasteiger partial charge in [0.15, 0.2) is 11.5 Å². The monoisotopic (exact) mass is 460 g/mol. The third-order valence-electron chi connectivity index (χ3n) is 5.10. The molecule has 0 heterocycles. The molecule has 2 rings (SSSR count). The topological polar surface area (TPSA) is 85.9 Å². The summed E-state index contributed by atoms with van der Waals surface area (Å²) in [6.45, 7) is 5.70. The Morgan fingerprint density at radius 1 is 0.939 bits per heavy atom. The van der Waals surface area contributed by atoms with Gasteiger partial charge >= 0.3 is 6.09 Å². The molecule has 0 spiro atoms. The lowest BCUT2D eigenvalue weighted by Gasteiger charge is -2.25. The van der Waals surface area contributed by atoms with Crippen molar-refractivity contribution in [1.29, 1.82) is 0 Å². The number of benzene rings is 2. The average Bonchev–Trinajstić information content (AvgIpc) is 2.78. The van der Waals surface area contributed by atoms with E-state index in [9.17, 15) is 14.0 Å². The highest BCUT2D eigenvalue weighted by atomic mass is 19.1. The first kappa shape index (κ1) is 26.0. The fourth-order valence-corrected chi connectivity index (χ4v) is 3.43. The van der Waals surface area contributed by atoms with E-state index in [2.05, 4.69) is 10.6 Å². The zero-order valence-corrected chi connectivity index (χ0v) is 19.8. The smallest absolute Gasteiger partial charge is 0.408 e. The second kappa shape index (κ2) is 12.7. The third kappa shape index (κ3) is 8.29. The lowest BCUT2D eigenvalue weighted by Crippen LogP contribution is -2.51. The van der Waals surface area contributed by atoms with Gasteiger partial charge in [0.25, 0.3) is 0 Å². The molecule has 0 unspecified atom stereocenters. The minimum absolute atomic E-state index is 0.253. The molecule has 0 aliphatic heterocycles. The molecule has 2 N–H and O–H groups in total. The van der Waals surface area contributed by atoms with Crippen LogP contribution in [-0.2, 0) is 22.4 Å². The maximum Gasteiger partial charge on any atom is 0.408 e. The van der Waals surface area contributed by atoms with Crippen LogP contribution in [0.4, 0.5) is 9.18 Å². The zero-order valence-electron chi connectivity index (χ0n) is 19.8. The fourth-order valence-electron chi connectivity index (χ4n) is 3.43. The largest absolute Gasteiger partial charge is 0.493 e. The molecule has 0 fully saturated rings. The molecule has 0 saturated heterocycles. The van der Waals surface area contributed by atoms with Crippen LogP contribution in [0.5, 0.6) is 11.5 Å². The van der Waals surface area contributed by atoms with E-state index in [1.54, 1.807) is 40.2 Å². The van der Waals surface area contributed by atoms with Gasteiger partial charge in [-0.3, -0.25) is 4.79 Å². The van der Waals surface area contributed by atoms with Crippen molar-refractivity contribution < 1.29 is 28.2 Å². The van der Waals surface area contributed by atoms with Crippen molar-refractivity contribution in [3.8, 4) is 11.5 Å². The third-order valence-corrected chi connectivity index (χ3v) is 5.10. The number of alkyl carbamates (subject to hydrolysis) is 1. The van der Waals surface area contributed by atoms with Crippen molar-refractivity contribution in [3.63, 3.8) is 0 Å². The molecule has 0 aromatic heterocycles. The SMILES string of the molecule is COc1ccc(CCNC(=O)[C@@H](NC(=O)OC(C)C)[C@H](C)Cc2ccc(F)cc2)cc1OC. The Morgan fingerprint density at radius 2 is 1.58 bits per heavy atom. The molecule has 180 valence electrons. The van der Waals surface area contributed by atoms with Crippen LogP contribution in [-0.4, -0.2) is 44.9 Å². The molecule has 8 heteroatoms. The summed E-state index contributed by atoms with van der Waals surface area (Å²) in [5, 5.41) is 5.57. The molecule has 2 aromatic carbocycles. The van der Waals surface area contributed by atoms with Crippen LogP contribution in [0.2, 0.25) is 0 Å². The summed E-state index contributed by atoms with van der Waals surface area (Å²) in [7, 11) is 3.14. The van der Waals surface area contributed by atoms with E-state index in [0.29, 0.717) is 30.9 Å². The van der Waals surface area contributed by atoms with Gasteiger partial charge in [-0.05, 0) is 68.0 Å². The molecule has 0 radical (unpaired) electrons. The first-order chi connectivity index (χ1) is 15.7. The highest BCUT2D eigenvalue weighted by Gasteiger charge is 2.28. The number of carbonyl (C=O) groups excluding carboxylic acids is 2. The summed E-state index contributed by atoms with van der Waals surface area (Å²) in [4.78, 5) is 25.2. The predicted octanol–water partition coefficient (Wildman–Crippen LogP) is 3.88. The molecule has 0 aliphatic rings. The number of nitrogens with one attached hydrogen (secondary N) is 2. The van der Waals surface area contributed by atoms with Gasteiger partial charge in [-0.15, -0.1) is 0 Å². The van der Waals surface area contributed by atoms with Crippen molar-refractivity contribution in [2.24, 2.45) is 5.92 Å². The van der Waals surface area contributed by atoms with Crippen LogP contribution in [0, 0.1) is 11.7 Å². The number of hydrogen-bond acceptors (Lipinski definition) is 5. The summed E-state index contributed by atoms with van der Waals surface area (Å²) >= 11 is 0. The van der Waals surface area contributed by atoms with Crippen molar-refractivity contribution in [1.82, 2.24) is 10.6 Å². The van der Waals surface area contributed by atoms with Gasteiger partial charge in [-0.25, -0.2) is 9.18 Å². The van der Waals surface area contributed by atoms with E-state index in [0.717, 1.165) is 11.1 Å². The second-order valence-corrected chi connectivity index (χ2v) is 8.11. The van der Waals surface area contributed by atoms with Crippen molar-refractivity contribution >= 4 is 12.0 Å². The fraction of sp³-hybridized carbons (Fsp3) is 0.440. The van der Waals surface area contributed by atoms with Crippen molar-refractivity contribution in [2.75, 3.05) is 20.8 Å². The molecule has 7 nitrogen and oxygen atoms in total. The molecule has 2 atom stereocenters. The maximum atomic E-state index is 13.2. The Kier molecular flexibility index (Phi) is 9.97. The number of rotatable bonds is 11. The second-order valence-electron chi connectivity index (χ2n) is 8.11. The molecule has 2 amide bonds. The van der Waals surface area contributed by atoms with E-state index in [-0.39, 0.29) is 23.7 Å². The minimum atomic E-state index is -0.813. The quantitative estimate of drug-likeness (QED) is 0.532. The lowest BCUT2D eigenvalue weighted by molar-refractivity contribution is -0.124. The van der Waals surface area contributed by atoms with Gasteiger partial charge < -0.3 is 24.8 Å². The highest BCUT2D eigenvalue weighted by Crippen LogP contribution is 2.27. The van der Waals surface area contributed by atoms with Crippen molar-refractivity contribution in [2.45, 2.75) is 45.8 Å². The first-order valence-corrected chi connectivity index (χ1v) is 10.9. The molecular formula is C25H33FN2O5. The van der Waals surface area contributed by atoms with E-state index >= 15 is 0 Å². The van der Waals surface area contributed by atoms with Crippen molar-refractivity contribution in [3.05, 3.63) is 59.4 Å². The normalized spacial score (nSPS) is 12.6. The summed E-state index contributed by atoms with van der Waals surface area (Å²) in [6, 6.07) is 10.9. The molecule has 0 aliphatic carbocycles. The van der Waals surface area contributed by atoms with Gasteiger partial charge in [0.2, 0.25) is 5.91 Å². The molecule has 2 aromatic rings. The number of carbonyl (C=O) groups is 2. The summed E-state index contributed by atoms with van der Waals surface area (Å²) < 4.78 is 28.9. The van der Waals surface area contributed by atoms with Crippen LogP contribution < -0.4 is 20.1 Å². The highest BCUT2D eigenvalue weighted by molar-refractivity contribution is 5.86. The molecule has 0 bridgehead atoms. The van der Waals surface area contributed by atoms with Crippen LogP contribution in [0.15, 0.2) is 42.5 Å². The Hall–Kier alpha value is -3.29. The molecular weight excluding hydrogens is 427 g/mol. The Balaban J connectivity index is 2.03. The van der Waals surface area contributed by atoms with Gasteiger partial charge in [-0.1, -0.05) is 25.1 Å². The Morgan fingerprint density at radius 3 is 2.18 bits per heavy atom. The molecule has 33 heavy (non-hydrogen) atoms. The number of ether oxygens (including phenoxy) is 3. The molecule has 0 saturated carbocycles. The van der Waals surface area contributed by atoms with E-state index in [4.69, 9.17) is 14.2 Å². The van der Waals surface area contributed by atoms with Gasteiger partial charge in [0.05, 0.1) is 20.3 Å². The number of halogens is 1. The predicted molar refractivity (Wildman–Crippen MR) is 124 cm³/mol.